The number of amides is 1. The highest BCUT2D eigenvalue weighted by molar-refractivity contribution is 5.97. The van der Waals surface area contributed by atoms with Crippen LogP contribution in [0.2, 0.25) is 0 Å². The maximum atomic E-state index is 13.3. The molecule has 0 bridgehead atoms. The summed E-state index contributed by atoms with van der Waals surface area (Å²) in [7, 11) is 0. The van der Waals surface area contributed by atoms with Gasteiger partial charge in [0.2, 0.25) is 0 Å². The van der Waals surface area contributed by atoms with Crippen LogP contribution in [0.5, 0.6) is 11.5 Å². The molecule has 2 aromatic carbocycles. The van der Waals surface area contributed by atoms with E-state index in [2.05, 4.69) is 37.4 Å². The molecule has 2 aromatic rings. The fourth-order valence-electron chi connectivity index (χ4n) is 5.52. The van der Waals surface area contributed by atoms with Crippen LogP contribution in [0.25, 0.3) is 0 Å². The number of phenols is 2. The quantitative estimate of drug-likeness (QED) is 0.361. The summed E-state index contributed by atoms with van der Waals surface area (Å²) in [5.74, 6) is -0.176. The number of hydrogen-bond acceptors (Lipinski definition) is 6. The van der Waals surface area contributed by atoms with Gasteiger partial charge in [0.05, 0.1) is 5.56 Å². The van der Waals surface area contributed by atoms with Gasteiger partial charge in [0.25, 0.3) is 5.91 Å². The van der Waals surface area contributed by atoms with Crippen LogP contribution in [-0.4, -0.2) is 45.7 Å². The molecule has 0 saturated heterocycles. The third kappa shape index (κ3) is 6.68. The molecule has 1 fully saturated rings. The number of esters is 1. The molecule has 1 atom stereocenters. The number of rotatable bonds is 10. The molecular weight excluding hydrogens is 480 g/mol. The summed E-state index contributed by atoms with van der Waals surface area (Å²) < 4.78 is 5.77. The second kappa shape index (κ2) is 12.2. The summed E-state index contributed by atoms with van der Waals surface area (Å²) in [6.07, 6.45) is 5.80. The van der Waals surface area contributed by atoms with Gasteiger partial charge in [-0.1, -0.05) is 45.9 Å². The van der Waals surface area contributed by atoms with Gasteiger partial charge in [-0.3, -0.25) is 9.59 Å². The Morgan fingerprint density at radius 1 is 1.00 bits per heavy atom. The van der Waals surface area contributed by atoms with Crippen molar-refractivity contribution in [2.45, 2.75) is 97.4 Å². The van der Waals surface area contributed by atoms with Crippen molar-refractivity contribution in [3.63, 3.8) is 0 Å². The second-order valence-electron chi connectivity index (χ2n) is 11.6. The smallest absolute Gasteiger partial charge is 0.323 e. The molecule has 4 rings (SSSR count). The third-order valence-electron chi connectivity index (χ3n) is 7.66. The molecule has 7 heteroatoms. The van der Waals surface area contributed by atoms with Crippen molar-refractivity contribution in [3.8, 4) is 11.5 Å². The summed E-state index contributed by atoms with van der Waals surface area (Å²) in [6, 6.07) is 8.84. The van der Waals surface area contributed by atoms with Crippen molar-refractivity contribution in [2.75, 3.05) is 6.54 Å². The van der Waals surface area contributed by atoms with Crippen LogP contribution in [0.4, 0.5) is 0 Å². The van der Waals surface area contributed by atoms with E-state index in [1.54, 1.807) is 11.0 Å². The van der Waals surface area contributed by atoms with Crippen molar-refractivity contribution in [1.82, 2.24) is 10.2 Å². The molecule has 0 spiro atoms. The number of aromatic hydroxyl groups is 2. The second-order valence-corrected chi connectivity index (χ2v) is 11.6. The van der Waals surface area contributed by atoms with Gasteiger partial charge in [-0.25, -0.2) is 0 Å². The maximum Gasteiger partial charge on any atom is 0.323 e. The number of carbonyl (C=O) groups excluding carboxylic acids is 2. The van der Waals surface area contributed by atoms with Crippen LogP contribution >= 0.6 is 0 Å². The Bertz CT molecular complexity index is 1150. The monoisotopic (exact) mass is 522 g/mol. The van der Waals surface area contributed by atoms with Crippen LogP contribution < -0.4 is 5.32 Å². The molecular formula is C31H42N2O5. The number of benzene rings is 2. The summed E-state index contributed by atoms with van der Waals surface area (Å²) >= 11 is 0. The lowest BCUT2D eigenvalue weighted by molar-refractivity contribution is -0.151. The van der Waals surface area contributed by atoms with Crippen molar-refractivity contribution < 1.29 is 24.5 Å². The maximum absolute atomic E-state index is 13.3. The zero-order valence-corrected chi connectivity index (χ0v) is 23.1. The highest BCUT2D eigenvalue weighted by Crippen LogP contribution is 2.34. The Kier molecular flexibility index (Phi) is 8.98. The van der Waals surface area contributed by atoms with E-state index < -0.39 is 0 Å². The van der Waals surface area contributed by atoms with Crippen LogP contribution in [0.15, 0.2) is 30.3 Å². The fourth-order valence-corrected chi connectivity index (χ4v) is 5.52. The topological polar surface area (TPSA) is 99.1 Å². The Morgan fingerprint density at radius 3 is 2.39 bits per heavy atom. The van der Waals surface area contributed by atoms with E-state index in [0.29, 0.717) is 31.1 Å². The average Bonchev–Trinajstić information content (AvgIpc) is 3.52. The van der Waals surface area contributed by atoms with E-state index in [4.69, 9.17) is 4.74 Å². The molecule has 1 saturated carbocycles. The van der Waals surface area contributed by atoms with E-state index >= 15 is 0 Å². The highest BCUT2D eigenvalue weighted by Gasteiger charge is 2.28. The largest absolute Gasteiger partial charge is 0.508 e. The molecule has 0 unspecified atom stereocenters. The zero-order chi connectivity index (χ0) is 27.4. The normalized spacial score (nSPS) is 16.3. The number of nitrogens with one attached hydrogen (secondary N) is 1. The molecule has 7 nitrogen and oxygen atoms in total. The fraction of sp³-hybridized carbons (Fsp3) is 0.548. The first-order valence-electron chi connectivity index (χ1n) is 14.0. The molecule has 0 aromatic heterocycles. The molecule has 0 radical (unpaired) electrons. The van der Waals surface area contributed by atoms with E-state index in [9.17, 15) is 19.8 Å². The van der Waals surface area contributed by atoms with Gasteiger partial charge in [-0.2, -0.15) is 0 Å². The Hall–Kier alpha value is -3.06. The third-order valence-corrected chi connectivity index (χ3v) is 7.66. The lowest BCUT2D eigenvalue weighted by Gasteiger charge is -2.21. The Labute approximate surface area is 226 Å². The predicted molar refractivity (Wildman–Crippen MR) is 147 cm³/mol. The zero-order valence-electron chi connectivity index (χ0n) is 23.1. The van der Waals surface area contributed by atoms with Gasteiger partial charge in [0.15, 0.2) is 0 Å². The molecule has 1 aliphatic heterocycles. The molecule has 1 amide bonds. The number of fused-ring (bicyclic) bond motifs is 1. The van der Waals surface area contributed by atoms with E-state index in [0.717, 1.165) is 55.2 Å². The minimum atomic E-state index is -0.299. The number of nitrogens with zero attached hydrogens (tertiary/aromatic N) is 1. The van der Waals surface area contributed by atoms with Gasteiger partial charge in [0.1, 0.15) is 23.6 Å². The first kappa shape index (κ1) is 28.0. The summed E-state index contributed by atoms with van der Waals surface area (Å²) in [5, 5.41) is 23.9. The first-order valence-corrected chi connectivity index (χ1v) is 14.0. The van der Waals surface area contributed by atoms with Gasteiger partial charge < -0.3 is 25.2 Å². The molecule has 3 N–H and O–H groups in total. The van der Waals surface area contributed by atoms with Crippen LogP contribution in [-0.2, 0) is 29.0 Å². The van der Waals surface area contributed by atoms with E-state index in [1.807, 2.05) is 13.8 Å². The average molecular weight is 523 g/mol. The van der Waals surface area contributed by atoms with Crippen LogP contribution in [0.3, 0.4) is 0 Å². The lowest BCUT2D eigenvalue weighted by Crippen LogP contribution is -2.41. The lowest BCUT2D eigenvalue weighted by atomic mass is 9.98. The summed E-state index contributed by atoms with van der Waals surface area (Å²) in [5.41, 5.74) is 4.19. The van der Waals surface area contributed by atoms with Crippen molar-refractivity contribution in [1.29, 1.82) is 0 Å². The summed E-state index contributed by atoms with van der Waals surface area (Å²) in [6.45, 7) is 9.72. The van der Waals surface area contributed by atoms with Gasteiger partial charge in [-0.05, 0) is 85.2 Å². The first-order chi connectivity index (χ1) is 18.1. The van der Waals surface area contributed by atoms with Gasteiger partial charge in [0, 0.05) is 19.2 Å². The minimum absolute atomic E-state index is 0.000517. The molecule has 38 heavy (non-hydrogen) atoms. The minimum Gasteiger partial charge on any atom is -0.508 e. The van der Waals surface area contributed by atoms with E-state index in [-0.39, 0.29) is 47.0 Å². The standard InChI is InChI=1S/C31H42N2O5/c1-19(2)13-27(31(37)38-24-7-5-6-8-24)32-12-11-21-9-10-22-17-33(18-23(22)14-21)30(36)26-15-25(20(3)4)28(34)16-29(26)35/h9-10,14-16,19-20,24,27,32,34-35H,5-8,11-13,17-18H2,1-4H3/t27-/m0/s1. The van der Waals surface area contributed by atoms with Crippen LogP contribution in [0, 0.1) is 5.92 Å². The van der Waals surface area contributed by atoms with Gasteiger partial charge in [-0.15, -0.1) is 0 Å². The Balaban J connectivity index is 1.36. The predicted octanol–water partition coefficient (Wildman–Crippen LogP) is 5.41. The Morgan fingerprint density at radius 2 is 1.71 bits per heavy atom. The van der Waals surface area contributed by atoms with Crippen molar-refractivity contribution in [3.05, 3.63) is 58.1 Å². The highest BCUT2D eigenvalue weighted by atomic mass is 16.5. The molecule has 206 valence electrons. The number of phenolic OH excluding ortho intramolecular Hbond substituents is 2. The van der Waals surface area contributed by atoms with E-state index in [1.165, 1.54) is 6.07 Å². The van der Waals surface area contributed by atoms with Crippen LogP contribution in [0.1, 0.15) is 98.3 Å². The van der Waals surface area contributed by atoms with Crippen molar-refractivity contribution >= 4 is 11.9 Å². The molecule has 1 aliphatic carbocycles. The molecule has 2 aliphatic rings. The molecule has 1 heterocycles. The summed E-state index contributed by atoms with van der Waals surface area (Å²) in [4.78, 5) is 27.8. The number of ether oxygens (including phenoxy) is 1. The van der Waals surface area contributed by atoms with Crippen molar-refractivity contribution in [2.24, 2.45) is 5.92 Å². The number of hydrogen-bond donors (Lipinski definition) is 3. The van der Waals surface area contributed by atoms with Gasteiger partial charge >= 0.3 is 5.97 Å². The number of carbonyl (C=O) groups is 2. The SMILES string of the molecule is CC(C)C[C@H](NCCc1ccc2c(c1)CN(C(=O)c1cc(C(C)C)c(O)cc1O)C2)C(=O)OC1CCCC1.